The maximum Gasteiger partial charge on any atom is 0.269 e. The summed E-state index contributed by atoms with van der Waals surface area (Å²) in [5, 5.41) is 14.0. The predicted octanol–water partition coefficient (Wildman–Crippen LogP) is 3.91. The molecule has 0 saturated carbocycles. The van der Waals surface area contributed by atoms with E-state index in [0.29, 0.717) is 13.2 Å². The zero-order valence-electron chi connectivity index (χ0n) is 12.1. The second kappa shape index (κ2) is 6.74. The average Bonchev–Trinajstić information content (AvgIpc) is 2.47. The molecule has 21 heavy (non-hydrogen) atoms. The van der Waals surface area contributed by atoms with Crippen molar-refractivity contribution in [2.24, 2.45) is 0 Å². The smallest absolute Gasteiger partial charge is 0.269 e. The molecule has 110 valence electrons. The number of ether oxygens (including phenoxy) is 1. The highest BCUT2D eigenvalue weighted by Crippen LogP contribution is 2.22. The standard InChI is InChI=1S/C16H18N2O3/c1-3-21-15-7-4-13(5-8-15)11-17-16-9-6-14(18(19)20)10-12(16)2/h4-10,17H,3,11H2,1-2H3. The fourth-order valence-electron chi connectivity index (χ4n) is 2.03. The Hall–Kier alpha value is -2.56. The molecule has 0 bridgehead atoms. The van der Waals surface area contributed by atoms with Gasteiger partial charge in [0.05, 0.1) is 11.5 Å². The van der Waals surface area contributed by atoms with E-state index in [0.717, 1.165) is 22.6 Å². The molecule has 0 spiro atoms. The van der Waals surface area contributed by atoms with Crippen LogP contribution in [-0.4, -0.2) is 11.5 Å². The van der Waals surface area contributed by atoms with Gasteiger partial charge in [0.25, 0.3) is 5.69 Å². The molecule has 0 radical (unpaired) electrons. The van der Waals surface area contributed by atoms with E-state index in [1.165, 1.54) is 6.07 Å². The molecule has 0 aliphatic heterocycles. The van der Waals surface area contributed by atoms with Crippen LogP contribution in [0.15, 0.2) is 42.5 Å². The molecule has 0 aliphatic rings. The lowest BCUT2D eigenvalue weighted by atomic mass is 10.1. The van der Waals surface area contributed by atoms with Crippen molar-refractivity contribution >= 4 is 11.4 Å². The number of nitrogens with one attached hydrogen (secondary N) is 1. The maximum atomic E-state index is 10.7. The Morgan fingerprint density at radius 1 is 1.19 bits per heavy atom. The van der Waals surface area contributed by atoms with E-state index in [4.69, 9.17) is 4.74 Å². The zero-order chi connectivity index (χ0) is 15.2. The first-order valence-electron chi connectivity index (χ1n) is 6.81. The first kappa shape index (κ1) is 14.8. The Kier molecular flexibility index (Phi) is 4.77. The topological polar surface area (TPSA) is 64.4 Å². The minimum absolute atomic E-state index is 0.110. The summed E-state index contributed by atoms with van der Waals surface area (Å²) in [6.45, 7) is 5.12. The number of rotatable bonds is 6. The van der Waals surface area contributed by atoms with Gasteiger partial charge in [-0.25, -0.2) is 0 Å². The van der Waals surface area contributed by atoms with Gasteiger partial charge in [0.2, 0.25) is 0 Å². The van der Waals surface area contributed by atoms with Gasteiger partial charge >= 0.3 is 0 Å². The SMILES string of the molecule is CCOc1ccc(CNc2ccc([N+](=O)[O-])cc2C)cc1. The van der Waals surface area contributed by atoms with Gasteiger partial charge in [-0.15, -0.1) is 0 Å². The van der Waals surface area contributed by atoms with Gasteiger partial charge in [-0.05, 0) is 43.2 Å². The molecule has 0 aliphatic carbocycles. The van der Waals surface area contributed by atoms with E-state index < -0.39 is 0 Å². The molecule has 5 heteroatoms. The molecule has 2 aromatic carbocycles. The van der Waals surface area contributed by atoms with Crippen LogP contribution in [0.4, 0.5) is 11.4 Å². The molecule has 0 saturated heterocycles. The number of aryl methyl sites for hydroxylation is 1. The molecule has 5 nitrogen and oxygen atoms in total. The lowest BCUT2D eigenvalue weighted by Crippen LogP contribution is -2.01. The van der Waals surface area contributed by atoms with Gasteiger partial charge in [0, 0.05) is 24.4 Å². The van der Waals surface area contributed by atoms with Crippen LogP contribution in [0.3, 0.4) is 0 Å². The summed E-state index contributed by atoms with van der Waals surface area (Å²) >= 11 is 0. The van der Waals surface area contributed by atoms with Crippen LogP contribution in [0.1, 0.15) is 18.1 Å². The van der Waals surface area contributed by atoms with E-state index in [9.17, 15) is 10.1 Å². The molecule has 0 atom stereocenters. The Bertz CT molecular complexity index is 624. The minimum Gasteiger partial charge on any atom is -0.494 e. The molecule has 0 aromatic heterocycles. The highest BCUT2D eigenvalue weighted by atomic mass is 16.6. The van der Waals surface area contributed by atoms with Crippen LogP contribution in [0.25, 0.3) is 0 Å². The van der Waals surface area contributed by atoms with Crippen molar-refractivity contribution in [3.8, 4) is 5.75 Å². The largest absolute Gasteiger partial charge is 0.494 e. The maximum absolute atomic E-state index is 10.7. The number of nitrogens with zero attached hydrogens (tertiary/aromatic N) is 1. The molecule has 0 unspecified atom stereocenters. The lowest BCUT2D eigenvalue weighted by molar-refractivity contribution is -0.384. The number of non-ortho nitro benzene ring substituents is 1. The third kappa shape index (κ3) is 3.95. The van der Waals surface area contributed by atoms with Crippen LogP contribution in [-0.2, 0) is 6.54 Å². The second-order valence-corrected chi connectivity index (χ2v) is 4.69. The predicted molar refractivity (Wildman–Crippen MR) is 82.8 cm³/mol. The highest BCUT2D eigenvalue weighted by Gasteiger charge is 2.07. The summed E-state index contributed by atoms with van der Waals surface area (Å²) in [4.78, 5) is 10.3. The summed E-state index contributed by atoms with van der Waals surface area (Å²) in [7, 11) is 0. The van der Waals surface area contributed by atoms with Crippen molar-refractivity contribution in [2.75, 3.05) is 11.9 Å². The lowest BCUT2D eigenvalue weighted by Gasteiger charge is -2.10. The first-order valence-corrected chi connectivity index (χ1v) is 6.81. The van der Waals surface area contributed by atoms with Crippen molar-refractivity contribution < 1.29 is 9.66 Å². The number of benzene rings is 2. The molecular formula is C16H18N2O3. The van der Waals surface area contributed by atoms with Crippen LogP contribution in [0.5, 0.6) is 5.75 Å². The average molecular weight is 286 g/mol. The summed E-state index contributed by atoms with van der Waals surface area (Å²) in [5.74, 6) is 0.854. The Morgan fingerprint density at radius 2 is 1.90 bits per heavy atom. The van der Waals surface area contributed by atoms with Gasteiger partial charge in [-0.2, -0.15) is 0 Å². The van der Waals surface area contributed by atoms with Crippen LogP contribution < -0.4 is 10.1 Å². The fourth-order valence-corrected chi connectivity index (χ4v) is 2.03. The number of nitro groups is 1. The molecule has 2 aromatic rings. The van der Waals surface area contributed by atoms with Crippen LogP contribution in [0.2, 0.25) is 0 Å². The third-order valence-electron chi connectivity index (χ3n) is 3.14. The Labute approximate surface area is 123 Å². The summed E-state index contributed by atoms with van der Waals surface area (Å²) in [6, 6.07) is 12.7. The van der Waals surface area contributed by atoms with E-state index in [-0.39, 0.29) is 10.6 Å². The number of nitro benzene ring substituents is 1. The molecule has 0 heterocycles. The summed E-state index contributed by atoms with van der Waals surface area (Å²) in [5.41, 5.74) is 2.99. The molecule has 2 rings (SSSR count). The van der Waals surface area contributed by atoms with Crippen molar-refractivity contribution in [1.29, 1.82) is 0 Å². The van der Waals surface area contributed by atoms with Crippen molar-refractivity contribution in [3.05, 3.63) is 63.7 Å². The monoisotopic (exact) mass is 286 g/mol. The van der Waals surface area contributed by atoms with Gasteiger partial charge in [-0.3, -0.25) is 10.1 Å². The van der Waals surface area contributed by atoms with Gasteiger partial charge in [0.1, 0.15) is 5.75 Å². The third-order valence-corrected chi connectivity index (χ3v) is 3.14. The molecule has 0 fully saturated rings. The van der Waals surface area contributed by atoms with Crippen molar-refractivity contribution in [1.82, 2.24) is 0 Å². The van der Waals surface area contributed by atoms with Crippen LogP contribution in [0, 0.1) is 17.0 Å². The van der Waals surface area contributed by atoms with Crippen LogP contribution >= 0.6 is 0 Å². The van der Waals surface area contributed by atoms with E-state index in [2.05, 4.69) is 5.32 Å². The molecular weight excluding hydrogens is 268 g/mol. The first-order chi connectivity index (χ1) is 10.1. The zero-order valence-corrected chi connectivity index (χ0v) is 12.1. The van der Waals surface area contributed by atoms with E-state index >= 15 is 0 Å². The van der Waals surface area contributed by atoms with Gasteiger partial charge in [0.15, 0.2) is 0 Å². The number of hydrogen-bond acceptors (Lipinski definition) is 4. The van der Waals surface area contributed by atoms with Crippen molar-refractivity contribution in [3.63, 3.8) is 0 Å². The summed E-state index contributed by atoms with van der Waals surface area (Å²) < 4.78 is 5.39. The van der Waals surface area contributed by atoms with E-state index in [1.807, 2.05) is 38.1 Å². The van der Waals surface area contributed by atoms with Crippen molar-refractivity contribution in [2.45, 2.75) is 20.4 Å². The quantitative estimate of drug-likeness (QED) is 0.646. The number of anilines is 1. The Morgan fingerprint density at radius 3 is 2.48 bits per heavy atom. The van der Waals surface area contributed by atoms with Gasteiger partial charge in [-0.1, -0.05) is 12.1 Å². The second-order valence-electron chi connectivity index (χ2n) is 4.69. The molecule has 1 N–H and O–H groups in total. The van der Waals surface area contributed by atoms with E-state index in [1.54, 1.807) is 12.1 Å². The molecule has 0 amide bonds. The summed E-state index contributed by atoms with van der Waals surface area (Å²) in [6.07, 6.45) is 0. The fraction of sp³-hybridized carbons (Fsp3) is 0.250. The normalized spacial score (nSPS) is 10.2. The number of hydrogen-bond donors (Lipinski definition) is 1. The Balaban J connectivity index is 2.01. The van der Waals surface area contributed by atoms with Gasteiger partial charge < -0.3 is 10.1 Å². The highest BCUT2D eigenvalue weighted by molar-refractivity contribution is 5.55. The minimum atomic E-state index is -0.386.